The second-order valence-electron chi connectivity index (χ2n) is 7.88. The smallest absolute Gasteiger partial charge is 0.191 e. The van der Waals surface area contributed by atoms with Gasteiger partial charge in [0.25, 0.3) is 0 Å². The molecule has 6 nitrogen and oxygen atoms in total. The molecular weight excluding hydrogens is 396 g/mol. The van der Waals surface area contributed by atoms with Crippen molar-refractivity contribution in [3.63, 3.8) is 0 Å². The van der Waals surface area contributed by atoms with Crippen molar-refractivity contribution in [2.45, 2.75) is 31.7 Å². The van der Waals surface area contributed by atoms with Gasteiger partial charge in [0.15, 0.2) is 15.8 Å². The van der Waals surface area contributed by atoms with Gasteiger partial charge in [0.2, 0.25) is 0 Å². The summed E-state index contributed by atoms with van der Waals surface area (Å²) < 4.78 is 23.6. The minimum atomic E-state index is -3.20. The van der Waals surface area contributed by atoms with Gasteiger partial charge in [0, 0.05) is 38.1 Å². The fourth-order valence-corrected chi connectivity index (χ4v) is 4.81. The number of para-hydroxylation sites is 1. The van der Waals surface area contributed by atoms with E-state index in [0.717, 1.165) is 49.7 Å². The SMILES string of the molecule is CCNC(=NCc1ccc(S(C)(=O)=O)c(C)c1)NCC1CCN(c2ccccc2)C1. The van der Waals surface area contributed by atoms with Crippen LogP contribution in [0.15, 0.2) is 58.4 Å². The minimum absolute atomic E-state index is 0.379. The lowest BCUT2D eigenvalue weighted by molar-refractivity contribution is 0.566. The van der Waals surface area contributed by atoms with Crippen LogP contribution in [0, 0.1) is 12.8 Å². The molecule has 2 aromatic rings. The van der Waals surface area contributed by atoms with E-state index >= 15 is 0 Å². The third-order valence-electron chi connectivity index (χ3n) is 5.37. The van der Waals surface area contributed by atoms with Crippen LogP contribution < -0.4 is 15.5 Å². The highest BCUT2D eigenvalue weighted by Gasteiger charge is 2.22. The van der Waals surface area contributed by atoms with Gasteiger partial charge in [0.05, 0.1) is 11.4 Å². The van der Waals surface area contributed by atoms with E-state index in [2.05, 4.69) is 51.7 Å². The number of nitrogens with one attached hydrogen (secondary N) is 2. The topological polar surface area (TPSA) is 73.8 Å². The number of rotatable bonds is 7. The Bertz CT molecular complexity index is 974. The average Bonchev–Trinajstić information content (AvgIpc) is 3.19. The van der Waals surface area contributed by atoms with Crippen molar-refractivity contribution in [2.75, 3.05) is 37.3 Å². The highest BCUT2D eigenvalue weighted by molar-refractivity contribution is 7.90. The summed E-state index contributed by atoms with van der Waals surface area (Å²) in [6, 6.07) is 16.0. The molecule has 0 amide bonds. The Hall–Kier alpha value is -2.54. The lowest BCUT2D eigenvalue weighted by Gasteiger charge is -2.19. The summed E-state index contributed by atoms with van der Waals surface area (Å²) in [5.74, 6) is 1.37. The van der Waals surface area contributed by atoms with Gasteiger partial charge in [-0.1, -0.05) is 30.3 Å². The molecule has 0 aliphatic carbocycles. The molecule has 1 atom stereocenters. The summed E-state index contributed by atoms with van der Waals surface area (Å²) in [5.41, 5.74) is 3.04. The number of nitrogens with zero attached hydrogens (tertiary/aromatic N) is 2. The molecule has 1 heterocycles. The van der Waals surface area contributed by atoms with E-state index in [9.17, 15) is 8.42 Å². The third-order valence-corrected chi connectivity index (χ3v) is 6.63. The predicted octanol–water partition coefficient (Wildman–Crippen LogP) is 2.98. The van der Waals surface area contributed by atoms with Crippen LogP contribution in [0.4, 0.5) is 5.69 Å². The summed E-state index contributed by atoms with van der Waals surface area (Å²) in [6.07, 6.45) is 2.40. The zero-order valence-corrected chi connectivity index (χ0v) is 18.9. The van der Waals surface area contributed by atoms with E-state index < -0.39 is 9.84 Å². The van der Waals surface area contributed by atoms with Gasteiger partial charge < -0.3 is 15.5 Å². The fraction of sp³-hybridized carbons (Fsp3) is 0.435. The lowest BCUT2D eigenvalue weighted by Crippen LogP contribution is -2.40. The number of hydrogen-bond donors (Lipinski definition) is 2. The van der Waals surface area contributed by atoms with Crippen LogP contribution in [0.5, 0.6) is 0 Å². The summed E-state index contributed by atoms with van der Waals surface area (Å²) in [7, 11) is -3.20. The molecule has 1 fully saturated rings. The average molecular weight is 429 g/mol. The summed E-state index contributed by atoms with van der Waals surface area (Å²) in [5, 5.41) is 6.77. The molecule has 0 spiro atoms. The second kappa shape index (κ2) is 9.98. The van der Waals surface area contributed by atoms with Crippen LogP contribution in [0.2, 0.25) is 0 Å². The van der Waals surface area contributed by atoms with Crippen LogP contribution in [-0.4, -0.2) is 46.8 Å². The molecule has 0 radical (unpaired) electrons. The van der Waals surface area contributed by atoms with E-state index in [4.69, 9.17) is 0 Å². The maximum absolute atomic E-state index is 11.8. The number of aryl methyl sites for hydroxylation is 1. The van der Waals surface area contributed by atoms with Crippen molar-refractivity contribution in [3.8, 4) is 0 Å². The molecule has 3 rings (SSSR count). The molecule has 1 aliphatic rings. The quantitative estimate of drug-likeness (QED) is 0.524. The molecule has 162 valence electrons. The molecule has 30 heavy (non-hydrogen) atoms. The number of guanidine groups is 1. The lowest BCUT2D eigenvalue weighted by atomic mass is 10.1. The van der Waals surface area contributed by atoms with Crippen molar-refractivity contribution in [1.29, 1.82) is 0 Å². The van der Waals surface area contributed by atoms with Crippen LogP contribution in [0.25, 0.3) is 0 Å². The van der Waals surface area contributed by atoms with Gasteiger partial charge in [-0.15, -0.1) is 0 Å². The maximum atomic E-state index is 11.8. The van der Waals surface area contributed by atoms with Crippen molar-refractivity contribution in [3.05, 3.63) is 59.7 Å². The molecule has 2 N–H and O–H groups in total. The van der Waals surface area contributed by atoms with Gasteiger partial charge in [-0.05, 0) is 55.5 Å². The highest BCUT2D eigenvalue weighted by atomic mass is 32.2. The second-order valence-corrected chi connectivity index (χ2v) is 9.87. The first-order chi connectivity index (χ1) is 14.4. The Balaban J connectivity index is 1.57. The summed E-state index contributed by atoms with van der Waals surface area (Å²) in [4.78, 5) is 7.50. The standard InChI is InChI=1S/C23H32N4O2S/c1-4-24-23(25-15-19-10-11-22(18(2)14-19)30(3,28)29)26-16-20-12-13-27(17-20)21-8-6-5-7-9-21/h5-11,14,20H,4,12-13,15-17H2,1-3H3,(H2,24,25,26). The van der Waals surface area contributed by atoms with E-state index in [-0.39, 0.29) is 0 Å². The Morgan fingerprint density at radius 3 is 2.60 bits per heavy atom. The highest BCUT2D eigenvalue weighted by Crippen LogP contribution is 2.23. The van der Waals surface area contributed by atoms with Crippen LogP contribution in [0.3, 0.4) is 0 Å². The van der Waals surface area contributed by atoms with E-state index in [1.807, 2.05) is 25.1 Å². The third kappa shape index (κ3) is 5.98. The van der Waals surface area contributed by atoms with Crippen molar-refractivity contribution in [2.24, 2.45) is 10.9 Å². The number of benzene rings is 2. The summed E-state index contributed by atoms with van der Waals surface area (Å²) >= 11 is 0. The Morgan fingerprint density at radius 1 is 1.17 bits per heavy atom. The van der Waals surface area contributed by atoms with Gasteiger partial charge in [-0.25, -0.2) is 13.4 Å². The maximum Gasteiger partial charge on any atom is 0.191 e. The monoisotopic (exact) mass is 428 g/mol. The van der Waals surface area contributed by atoms with E-state index in [1.165, 1.54) is 11.9 Å². The minimum Gasteiger partial charge on any atom is -0.371 e. The molecular formula is C23H32N4O2S. The number of aliphatic imine (C=N–C) groups is 1. The molecule has 1 aliphatic heterocycles. The van der Waals surface area contributed by atoms with Gasteiger partial charge in [-0.2, -0.15) is 0 Å². The first-order valence-electron chi connectivity index (χ1n) is 10.5. The number of hydrogen-bond acceptors (Lipinski definition) is 4. The molecule has 0 bridgehead atoms. The number of sulfone groups is 1. The zero-order chi connectivity index (χ0) is 21.6. The molecule has 1 unspecified atom stereocenters. The zero-order valence-electron chi connectivity index (χ0n) is 18.1. The van der Waals surface area contributed by atoms with E-state index in [0.29, 0.717) is 17.4 Å². The Morgan fingerprint density at radius 2 is 1.93 bits per heavy atom. The first-order valence-corrected chi connectivity index (χ1v) is 12.4. The van der Waals surface area contributed by atoms with Crippen LogP contribution in [0.1, 0.15) is 24.5 Å². The first kappa shape index (κ1) is 22.2. The fourth-order valence-electron chi connectivity index (χ4n) is 3.85. The molecule has 2 aromatic carbocycles. The van der Waals surface area contributed by atoms with Gasteiger partial charge in [-0.3, -0.25) is 0 Å². The molecule has 1 saturated heterocycles. The number of anilines is 1. The summed E-state index contributed by atoms with van der Waals surface area (Å²) in [6.45, 7) is 8.17. The Kier molecular flexibility index (Phi) is 7.37. The predicted molar refractivity (Wildman–Crippen MR) is 124 cm³/mol. The van der Waals surface area contributed by atoms with Crippen LogP contribution >= 0.6 is 0 Å². The largest absolute Gasteiger partial charge is 0.371 e. The van der Waals surface area contributed by atoms with Crippen molar-refractivity contribution >= 4 is 21.5 Å². The van der Waals surface area contributed by atoms with Crippen LogP contribution in [-0.2, 0) is 16.4 Å². The normalized spacial score (nSPS) is 17.2. The van der Waals surface area contributed by atoms with Gasteiger partial charge >= 0.3 is 0 Å². The van der Waals surface area contributed by atoms with Crippen molar-refractivity contribution < 1.29 is 8.42 Å². The van der Waals surface area contributed by atoms with E-state index in [1.54, 1.807) is 6.07 Å². The van der Waals surface area contributed by atoms with Crippen molar-refractivity contribution in [1.82, 2.24) is 10.6 Å². The molecule has 0 saturated carbocycles. The molecule has 0 aromatic heterocycles. The molecule has 7 heteroatoms. The Labute approximate surface area is 180 Å². The van der Waals surface area contributed by atoms with Gasteiger partial charge in [0.1, 0.15) is 0 Å².